The summed E-state index contributed by atoms with van der Waals surface area (Å²) in [5, 5.41) is 0. The van der Waals surface area contributed by atoms with Gasteiger partial charge in [-0.1, -0.05) is 19.1 Å². The van der Waals surface area contributed by atoms with Crippen LogP contribution in [0.25, 0.3) is 11.1 Å². The molecule has 36 heavy (non-hydrogen) atoms. The van der Waals surface area contributed by atoms with Crippen LogP contribution in [0.2, 0.25) is 0 Å². The van der Waals surface area contributed by atoms with Gasteiger partial charge in [-0.05, 0) is 56.5 Å². The van der Waals surface area contributed by atoms with Crippen LogP contribution < -0.4 is 9.47 Å². The van der Waals surface area contributed by atoms with Crippen molar-refractivity contribution in [2.24, 2.45) is 0 Å². The van der Waals surface area contributed by atoms with E-state index in [1.807, 2.05) is 6.92 Å². The maximum atomic E-state index is 13.3. The topological polar surface area (TPSA) is 68.0 Å². The Morgan fingerprint density at radius 2 is 1.75 bits per heavy atom. The van der Waals surface area contributed by atoms with E-state index >= 15 is 0 Å². The van der Waals surface area contributed by atoms with Gasteiger partial charge in [0.25, 0.3) is 0 Å². The van der Waals surface area contributed by atoms with Crippen LogP contribution >= 0.6 is 0 Å². The third-order valence-corrected chi connectivity index (χ3v) is 6.94. The third kappa shape index (κ3) is 5.87. The molecule has 0 saturated carbocycles. The van der Waals surface area contributed by atoms with Crippen LogP contribution in [0.15, 0.2) is 28.7 Å². The summed E-state index contributed by atoms with van der Waals surface area (Å²) in [6.45, 7) is 12.9. The van der Waals surface area contributed by atoms with Gasteiger partial charge in [-0.25, -0.2) is 9.37 Å². The van der Waals surface area contributed by atoms with Gasteiger partial charge in [-0.3, -0.25) is 9.69 Å². The highest BCUT2D eigenvalue weighted by Crippen LogP contribution is 2.43. The van der Waals surface area contributed by atoms with E-state index in [1.54, 1.807) is 19.1 Å². The first-order valence-corrected chi connectivity index (χ1v) is 12.6. The van der Waals surface area contributed by atoms with Gasteiger partial charge in [0.1, 0.15) is 17.9 Å². The van der Waals surface area contributed by atoms with E-state index in [9.17, 15) is 9.18 Å². The minimum absolute atomic E-state index is 0.103. The number of hydrogen-bond donors (Lipinski definition) is 0. The molecule has 0 radical (unpaired) electrons. The highest BCUT2D eigenvalue weighted by Gasteiger charge is 2.27. The summed E-state index contributed by atoms with van der Waals surface area (Å²) in [5.74, 6) is 1.16. The molecule has 1 aliphatic heterocycles. The number of aromatic nitrogens is 1. The molecular weight excluding hydrogens is 461 g/mol. The van der Waals surface area contributed by atoms with Crippen molar-refractivity contribution in [2.75, 3.05) is 53.0 Å². The number of Topliss-reactive ketones (excluding diaryl/α,β-unsaturated/α-hetero) is 1. The molecule has 1 aromatic heterocycles. The number of oxazole rings is 1. The number of hydrogen-bond acceptors (Lipinski definition) is 7. The second-order valence-electron chi connectivity index (χ2n) is 9.71. The Morgan fingerprint density at radius 1 is 1.08 bits per heavy atom. The van der Waals surface area contributed by atoms with Gasteiger partial charge >= 0.3 is 0 Å². The molecule has 0 aliphatic carbocycles. The molecule has 1 unspecified atom stereocenters. The zero-order valence-corrected chi connectivity index (χ0v) is 21.9. The number of piperazine rings is 1. The van der Waals surface area contributed by atoms with Crippen LogP contribution in [-0.2, 0) is 0 Å². The van der Waals surface area contributed by atoms with E-state index in [0.717, 1.165) is 43.9 Å². The Balaban J connectivity index is 1.57. The Labute approximate surface area is 212 Å². The highest BCUT2D eigenvalue weighted by molar-refractivity contribution is 6.05. The number of ether oxygens (including phenoxy) is 2. The van der Waals surface area contributed by atoms with Crippen LogP contribution in [-0.4, -0.2) is 73.6 Å². The fourth-order valence-corrected chi connectivity index (χ4v) is 4.68. The SMILES string of the molecule is CC(=O)c1c(OCCN2CCN(C)CC2)c(OCCC(C)c2ccc(F)cc2)c2oc(C)nc2c1C. The molecule has 0 amide bonds. The average Bonchev–Trinajstić information content (AvgIpc) is 3.24. The molecule has 1 fully saturated rings. The lowest BCUT2D eigenvalue weighted by Gasteiger charge is -2.32. The maximum Gasteiger partial charge on any atom is 0.207 e. The predicted octanol–water partition coefficient (Wildman–Crippen LogP) is 4.99. The highest BCUT2D eigenvalue weighted by atomic mass is 19.1. The Morgan fingerprint density at radius 3 is 2.42 bits per heavy atom. The van der Waals surface area contributed by atoms with Crippen LogP contribution in [0.5, 0.6) is 11.5 Å². The minimum Gasteiger partial charge on any atom is -0.487 e. The Bertz CT molecular complexity index is 1200. The van der Waals surface area contributed by atoms with E-state index in [0.29, 0.717) is 53.7 Å². The molecule has 2 aromatic carbocycles. The first-order valence-electron chi connectivity index (χ1n) is 12.6. The first kappa shape index (κ1) is 26.1. The van der Waals surface area contributed by atoms with E-state index in [-0.39, 0.29) is 17.5 Å². The lowest BCUT2D eigenvalue weighted by atomic mass is 9.98. The maximum absolute atomic E-state index is 13.3. The molecule has 8 heteroatoms. The smallest absolute Gasteiger partial charge is 0.207 e. The number of fused-ring (bicyclic) bond motifs is 1. The fraction of sp³-hybridized carbons (Fsp3) is 0.500. The second-order valence-corrected chi connectivity index (χ2v) is 9.71. The van der Waals surface area contributed by atoms with E-state index in [1.165, 1.54) is 19.1 Å². The zero-order valence-electron chi connectivity index (χ0n) is 21.9. The number of ketones is 1. The van der Waals surface area contributed by atoms with E-state index < -0.39 is 0 Å². The summed E-state index contributed by atoms with van der Waals surface area (Å²) in [6.07, 6.45) is 0.699. The molecule has 1 aliphatic rings. The van der Waals surface area contributed by atoms with Crippen molar-refractivity contribution in [1.29, 1.82) is 0 Å². The van der Waals surface area contributed by atoms with Crippen LogP contribution in [0, 0.1) is 19.7 Å². The Hall–Kier alpha value is -2.97. The molecule has 194 valence electrons. The monoisotopic (exact) mass is 497 g/mol. The van der Waals surface area contributed by atoms with Gasteiger partial charge < -0.3 is 18.8 Å². The standard InChI is InChI=1S/C28H36FN3O4/c1-18(22-6-8-23(29)9-7-22)10-16-34-28-26(35-17-15-32-13-11-31(5)12-14-32)24(20(3)33)19(2)25-27(28)36-21(4)30-25/h6-9,18H,10-17H2,1-5H3. The van der Waals surface area contributed by atoms with Gasteiger partial charge in [0.2, 0.25) is 11.3 Å². The van der Waals surface area contributed by atoms with Gasteiger partial charge in [0, 0.05) is 39.6 Å². The largest absolute Gasteiger partial charge is 0.487 e. The molecule has 3 aromatic rings. The normalized spacial score (nSPS) is 15.8. The molecule has 1 atom stereocenters. The summed E-state index contributed by atoms with van der Waals surface area (Å²) in [5.41, 5.74) is 3.37. The van der Waals surface area contributed by atoms with E-state index in [4.69, 9.17) is 13.9 Å². The second kappa shape index (κ2) is 11.4. The fourth-order valence-electron chi connectivity index (χ4n) is 4.68. The number of likely N-dealkylation sites (N-methyl/N-ethyl adjacent to an activating group) is 1. The van der Waals surface area contributed by atoms with Gasteiger partial charge in [-0.15, -0.1) is 0 Å². The Kier molecular flexibility index (Phi) is 8.26. The van der Waals surface area contributed by atoms with Crippen molar-refractivity contribution in [3.63, 3.8) is 0 Å². The summed E-state index contributed by atoms with van der Waals surface area (Å²) in [7, 11) is 2.13. The van der Waals surface area contributed by atoms with Crippen LogP contribution in [0.4, 0.5) is 4.39 Å². The summed E-state index contributed by atoms with van der Waals surface area (Å²) in [4.78, 5) is 21.9. The summed E-state index contributed by atoms with van der Waals surface area (Å²) < 4.78 is 31.8. The minimum atomic E-state index is -0.250. The number of carbonyl (C=O) groups is 1. The molecular formula is C28H36FN3O4. The lowest BCUT2D eigenvalue weighted by molar-refractivity contribution is 0.100. The summed E-state index contributed by atoms with van der Waals surface area (Å²) >= 11 is 0. The van der Waals surface area contributed by atoms with Crippen molar-refractivity contribution in [3.8, 4) is 11.5 Å². The number of benzene rings is 2. The number of nitrogens with zero attached hydrogens (tertiary/aromatic N) is 3. The number of carbonyl (C=O) groups excluding carboxylic acids is 1. The zero-order chi connectivity index (χ0) is 25.8. The molecule has 2 heterocycles. The van der Waals surface area contributed by atoms with Crippen molar-refractivity contribution in [3.05, 3.63) is 52.7 Å². The number of aryl methyl sites for hydroxylation is 2. The molecule has 7 nitrogen and oxygen atoms in total. The van der Waals surface area contributed by atoms with E-state index in [2.05, 4.69) is 28.8 Å². The van der Waals surface area contributed by atoms with Crippen molar-refractivity contribution in [1.82, 2.24) is 14.8 Å². The molecule has 0 bridgehead atoms. The van der Waals surface area contributed by atoms with Gasteiger partial charge in [0.05, 0.1) is 12.2 Å². The lowest BCUT2D eigenvalue weighted by Crippen LogP contribution is -2.45. The van der Waals surface area contributed by atoms with Crippen molar-refractivity contribution >= 4 is 16.9 Å². The average molecular weight is 498 g/mol. The third-order valence-electron chi connectivity index (χ3n) is 6.94. The van der Waals surface area contributed by atoms with Crippen LogP contribution in [0.3, 0.4) is 0 Å². The number of halogens is 1. The number of rotatable bonds is 10. The predicted molar refractivity (Wildman–Crippen MR) is 138 cm³/mol. The molecule has 4 rings (SSSR count). The van der Waals surface area contributed by atoms with Crippen molar-refractivity contribution in [2.45, 2.75) is 40.0 Å². The van der Waals surface area contributed by atoms with Gasteiger partial charge in [0.15, 0.2) is 17.4 Å². The van der Waals surface area contributed by atoms with Crippen molar-refractivity contribution < 1.29 is 23.1 Å². The molecule has 0 spiro atoms. The quantitative estimate of drug-likeness (QED) is 0.366. The molecule has 1 saturated heterocycles. The van der Waals surface area contributed by atoms with Crippen LogP contribution in [0.1, 0.15) is 53.6 Å². The summed E-state index contributed by atoms with van der Waals surface area (Å²) in [6, 6.07) is 6.53. The first-order chi connectivity index (χ1) is 17.2. The molecule has 0 N–H and O–H groups in total. The van der Waals surface area contributed by atoms with Gasteiger partial charge in [-0.2, -0.15) is 0 Å².